The molecule has 2 atom stereocenters. The van der Waals surface area contributed by atoms with Crippen LogP contribution in [0, 0.1) is 0 Å². The number of aromatic nitrogens is 1. The zero-order chi connectivity index (χ0) is 9.68. The second kappa shape index (κ2) is 5.29. The van der Waals surface area contributed by atoms with E-state index >= 15 is 0 Å². The molecular weight excluding hydrogens is 188 g/mol. The highest BCUT2D eigenvalue weighted by atomic mass is 32.1. The molecule has 13 heavy (non-hydrogen) atoms. The third-order valence-electron chi connectivity index (χ3n) is 1.76. The summed E-state index contributed by atoms with van der Waals surface area (Å²) < 4.78 is 0. The molecule has 0 saturated carbocycles. The van der Waals surface area contributed by atoms with Gasteiger partial charge < -0.3 is 15.5 Å². The molecule has 0 saturated heterocycles. The van der Waals surface area contributed by atoms with Crippen LogP contribution in [0.3, 0.4) is 0 Å². The maximum atomic E-state index is 9.57. The molecule has 1 heterocycles. The van der Waals surface area contributed by atoms with Gasteiger partial charge in [-0.05, 0) is 20.0 Å². The first-order chi connectivity index (χ1) is 6.25. The van der Waals surface area contributed by atoms with E-state index < -0.39 is 12.2 Å². The first-order valence-corrected chi connectivity index (χ1v) is 5.03. The van der Waals surface area contributed by atoms with Crippen molar-refractivity contribution >= 4 is 11.3 Å². The Hall–Kier alpha value is -0.490. The monoisotopic (exact) mass is 202 g/mol. The molecule has 0 aliphatic rings. The van der Waals surface area contributed by atoms with E-state index in [2.05, 4.69) is 10.3 Å². The maximum Gasteiger partial charge on any atom is 0.131 e. The van der Waals surface area contributed by atoms with Crippen LogP contribution >= 0.6 is 11.3 Å². The Morgan fingerprint density at radius 3 is 2.92 bits per heavy atom. The number of thiazole rings is 1. The van der Waals surface area contributed by atoms with Gasteiger partial charge in [-0.2, -0.15) is 0 Å². The minimum absolute atomic E-state index is 0.525. The predicted molar refractivity (Wildman–Crippen MR) is 51.6 cm³/mol. The molecule has 1 aromatic rings. The molecule has 0 aliphatic carbocycles. The topological polar surface area (TPSA) is 65.4 Å². The third-order valence-corrected chi connectivity index (χ3v) is 2.61. The summed E-state index contributed by atoms with van der Waals surface area (Å²) in [6.07, 6.45) is 0.553. The van der Waals surface area contributed by atoms with Crippen LogP contribution in [0.15, 0.2) is 11.6 Å². The Labute approximate surface area is 81.3 Å². The molecule has 0 fully saturated rings. The summed E-state index contributed by atoms with van der Waals surface area (Å²) >= 11 is 1.35. The van der Waals surface area contributed by atoms with Gasteiger partial charge in [0.1, 0.15) is 11.1 Å². The SMILES string of the molecule is CNCCC(O)C(O)c1nccs1. The fourth-order valence-electron chi connectivity index (χ4n) is 0.995. The standard InChI is InChI=1S/C8H14N2O2S/c1-9-3-2-6(11)7(12)8-10-4-5-13-8/h4-7,9,11-12H,2-3H2,1H3. The minimum Gasteiger partial charge on any atom is -0.390 e. The number of hydrogen-bond acceptors (Lipinski definition) is 5. The van der Waals surface area contributed by atoms with Crippen LogP contribution in [0.5, 0.6) is 0 Å². The lowest BCUT2D eigenvalue weighted by Gasteiger charge is -2.14. The molecule has 2 unspecified atom stereocenters. The van der Waals surface area contributed by atoms with Crippen molar-refractivity contribution in [2.75, 3.05) is 13.6 Å². The van der Waals surface area contributed by atoms with Crippen molar-refractivity contribution in [2.24, 2.45) is 0 Å². The molecule has 1 aromatic heterocycles. The van der Waals surface area contributed by atoms with E-state index in [0.29, 0.717) is 18.0 Å². The quantitative estimate of drug-likeness (QED) is 0.636. The molecule has 4 nitrogen and oxygen atoms in total. The molecule has 0 amide bonds. The van der Waals surface area contributed by atoms with Gasteiger partial charge in [0, 0.05) is 11.6 Å². The van der Waals surface area contributed by atoms with Crippen LogP contribution in [0.1, 0.15) is 17.5 Å². The fraction of sp³-hybridized carbons (Fsp3) is 0.625. The van der Waals surface area contributed by atoms with Crippen molar-refractivity contribution in [3.8, 4) is 0 Å². The molecular formula is C8H14N2O2S. The number of nitrogens with one attached hydrogen (secondary N) is 1. The van der Waals surface area contributed by atoms with Gasteiger partial charge in [-0.1, -0.05) is 0 Å². The van der Waals surface area contributed by atoms with E-state index in [1.54, 1.807) is 11.6 Å². The average molecular weight is 202 g/mol. The van der Waals surface area contributed by atoms with Crippen molar-refractivity contribution in [2.45, 2.75) is 18.6 Å². The molecule has 0 spiro atoms. The van der Waals surface area contributed by atoms with Crippen molar-refractivity contribution in [1.82, 2.24) is 10.3 Å². The van der Waals surface area contributed by atoms with Crippen LogP contribution in [0.2, 0.25) is 0 Å². The van der Waals surface area contributed by atoms with Crippen LogP contribution in [0.25, 0.3) is 0 Å². The van der Waals surface area contributed by atoms with Gasteiger partial charge >= 0.3 is 0 Å². The molecule has 0 radical (unpaired) electrons. The van der Waals surface area contributed by atoms with Gasteiger partial charge in [-0.3, -0.25) is 0 Å². The number of rotatable bonds is 5. The van der Waals surface area contributed by atoms with E-state index in [4.69, 9.17) is 0 Å². The molecule has 0 aromatic carbocycles. The van der Waals surface area contributed by atoms with Crippen molar-refractivity contribution < 1.29 is 10.2 Å². The Bertz CT molecular complexity index is 228. The normalized spacial score (nSPS) is 15.6. The van der Waals surface area contributed by atoms with Gasteiger partial charge in [0.25, 0.3) is 0 Å². The summed E-state index contributed by atoms with van der Waals surface area (Å²) in [5.41, 5.74) is 0. The average Bonchev–Trinajstić information content (AvgIpc) is 2.65. The number of aliphatic hydroxyl groups is 2. The lowest BCUT2D eigenvalue weighted by molar-refractivity contribution is 0.0139. The second-order valence-electron chi connectivity index (χ2n) is 2.77. The Morgan fingerprint density at radius 1 is 1.62 bits per heavy atom. The Morgan fingerprint density at radius 2 is 2.38 bits per heavy atom. The Balaban J connectivity index is 2.43. The number of nitrogens with zero attached hydrogens (tertiary/aromatic N) is 1. The molecule has 74 valence electrons. The van der Waals surface area contributed by atoms with Gasteiger partial charge in [0.2, 0.25) is 0 Å². The fourth-order valence-corrected chi connectivity index (χ4v) is 1.67. The molecule has 0 bridgehead atoms. The third kappa shape index (κ3) is 3.04. The molecule has 0 aliphatic heterocycles. The summed E-state index contributed by atoms with van der Waals surface area (Å²) in [6, 6.07) is 0. The Kier molecular flexibility index (Phi) is 4.31. The van der Waals surface area contributed by atoms with Gasteiger partial charge in [0.15, 0.2) is 0 Å². The van der Waals surface area contributed by atoms with E-state index in [1.165, 1.54) is 11.3 Å². The summed E-state index contributed by atoms with van der Waals surface area (Å²) in [6.45, 7) is 0.684. The van der Waals surface area contributed by atoms with Crippen LogP contribution in [-0.2, 0) is 0 Å². The minimum atomic E-state index is -0.853. The largest absolute Gasteiger partial charge is 0.390 e. The summed E-state index contributed by atoms with van der Waals surface area (Å²) in [7, 11) is 1.81. The molecule has 5 heteroatoms. The van der Waals surface area contributed by atoms with Crippen LogP contribution < -0.4 is 5.32 Å². The zero-order valence-electron chi connectivity index (χ0n) is 7.47. The van der Waals surface area contributed by atoms with Crippen molar-refractivity contribution in [1.29, 1.82) is 0 Å². The van der Waals surface area contributed by atoms with E-state index in [9.17, 15) is 10.2 Å². The lowest BCUT2D eigenvalue weighted by Crippen LogP contribution is -2.23. The maximum absolute atomic E-state index is 9.57. The second-order valence-corrected chi connectivity index (χ2v) is 3.70. The van der Waals surface area contributed by atoms with E-state index in [-0.39, 0.29) is 0 Å². The number of hydrogen-bond donors (Lipinski definition) is 3. The highest BCUT2D eigenvalue weighted by molar-refractivity contribution is 7.09. The predicted octanol–water partition coefficient (Wildman–Crippen LogP) is 0.147. The van der Waals surface area contributed by atoms with Crippen molar-refractivity contribution in [3.63, 3.8) is 0 Å². The van der Waals surface area contributed by atoms with E-state index in [0.717, 1.165) is 0 Å². The first-order valence-electron chi connectivity index (χ1n) is 4.16. The smallest absolute Gasteiger partial charge is 0.131 e. The van der Waals surface area contributed by atoms with E-state index in [1.807, 2.05) is 7.05 Å². The van der Waals surface area contributed by atoms with Crippen molar-refractivity contribution in [3.05, 3.63) is 16.6 Å². The highest BCUT2D eigenvalue weighted by Crippen LogP contribution is 2.20. The highest BCUT2D eigenvalue weighted by Gasteiger charge is 2.19. The molecule has 3 N–H and O–H groups in total. The first kappa shape index (κ1) is 10.6. The zero-order valence-corrected chi connectivity index (χ0v) is 8.29. The van der Waals surface area contributed by atoms with Gasteiger partial charge in [-0.15, -0.1) is 11.3 Å². The van der Waals surface area contributed by atoms with Gasteiger partial charge in [-0.25, -0.2) is 4.98 Å². The summed E-state index contributed by atoms with van der Waals surface area (Å²) in [5.74, 6) is 0. The summed E-state index contributed by atoms with van der Waals surface area (Å²) in [5, 5.41) is 24.3. The number of aliphatic hydroxyl groups excluding tert-OH is 2. The van der Waals surface area contributed by atoms with Crippen LogP contribution in [0.4, 0.5) is 0 Å². The molecule has 1 rings (SSSR count). The van der Waals surface area contributed by atoms with Crippen LogP contribution in [-0.4, -0.2) is 34.9 Å². The summed E-state index contributed by atoms with van der Waals surface area (Å²) in [4.78, 5) is 3.93. The lowest BCUT2D eigenvalue weighted by atomic mass is 10.1. The van der Waals surface area contributed by atoms with Gasteiger partial charge in [0.05, 0.1) is 6.10 Å².